The molecule has 2 aromatic heterocycles. The van der Waals surface area contributed by atoms with Gasteiger partial charge in [0, 0.05) is 49.7 Å². The molecule has 7 heteroatoms. The Kier molecular flexibility index (Phi) is 4.45. The van der Waals surface area contributed by atoms with Crippen molar-refractivity contribution in [3.63, 3.8) is 0 Å². The lowest BCUT2D eigenvalue weighted by molar-refractivity contribution is 0.0791. The third kappa shape index (κ3) is 4.04. The lowest BCUT2D eigenvalue weighted by Gasteiger charge is -2.17. The second-order valence-electron chi connectivity index (χ2n) is 6.73. The van der Waals surface area contributed by atoms with Crippen molar-refractivity contribution >= 4 is 17.5 Å². The Morgan fingerprint density at radius 2 is 1.96 bits per heavy atom. The third-order valence-electron chi connectivity index (χ3n) is 4.69. The maximum atomic E-state index is 12.5. The van der Waals surface area contributed by atoms with Crippen LogP contribution in [-0.2, 0) is 0 Å². The van der Waals surface area contributed by atoms with E-state index in [1.54, 1.807) is 30.9 Å². The van der Waals surface area contributed by atoms with Crippen molar-refractivity contribution in [2.75, 3.05) is 30.3 Å². The van der Waals surface area contributed by atoms with Crippen LogP contribution in [0.3, 0.4) is 0 Å². The van der Waals surface area contributed by atoms with Crippen molar-refractivity contribution in [2.45, 2.75) is 25.3 Å². The molecule has 0 bridgehead atoms. The Morgan fingerprint density at radius 1 is 1.16 bits per heavy atom. The molecule has 1 unspecified atom stereocenters. The number of anilines is 2. The second kappa shape index (κ2) is 7.04. The van der Waals surface area contributed by atoms with E-state index in [1.165, 1.54) is 12.8 Å². The summed E-state index contributed by atoms with van der Waals surface area (Å²) in [6.07, 6.45) is 8.41. The van der Waals surface area contributed by atoms with E-state index in [0.29, 0.717) is 12.1 Å². The zero-order chi connectivity index (χ0) is 17.1. The van der Waals surface area contributed by atoms with Gasteiger partial charge in [0.1, 0.15) is 18.0 Å². The van der Waals surface area contributed by atoms with Crippen LogP contribution < -0.4 is 10.6 Å². The molecular weight excluding hydrogens is 316 g/mol. The Morgan fingerprint density at radius 3 is 2.76 bits per heavy atom. The fourth-order valence-corrected chi connectivity index (χ4v) is 3.05. The Balaban J connectivity index is 1.33. The minimum Gasteiger partial charge on any atom is -0.370 e. The molecule has 0 aromatic carbocycles. The lowest BCUT2D eigenvalue weighted by atomic mass is 10.2. The number of likely N-dealkylation sites (tertiary alicyclic amines) is 1. The van der Waals surface area contributed by atoms with Gasteiger partial charge in [-0.2, -0.15) is 0 Å². The number of hydrogen-bond acceptors (Lipinski definition) is 6. The first-order valence-electron chi connectivity index (χ1n) is 8.80. The Labute approximate surface area is 146 Å². The SMILES string of the molecule is O=C(c1ccncc1)N1CCC(Nc2cc(NCC3CC3)ncn2)C1. The first-order valence-corrected chi connectivity index (χ1v) is 8.80. The number of aromatic nitrogens is 3. The van der Waals surface area contributed by atoms with Crippen LogP contribution >= 0.6 is 0 Å². The van der Waals surface area contributed by atoms with Gasteiger partial charge in [-0.1, -0.05) is 0 Å². The molecule has 0 radical (unpaired) electrons. The summed E-state index contributed by atoms with van der Waals surface area (Å²) in [6.45, 7) is 2.40. The monoisotopic (exact) mass is 338 g/mol. The van der Waals surface area contributed by atoms with E-state index < -0.39 is 0 Å². The van der Waals surface area contributed by atoms with Crippen molar-refractivity contribution in [3.05, 3.63) is 42.5 Å². The lowest BCUT2D eigenvalue weighted by Crippen LogP contribution is -2.31. The molecule has 1 aliphatic heterocycles. The van der Waals surface area contributed by atoms with E-state index in [4.69, 9.17) is 0 Å². The van der Waals surface area contributed by atoms with Gasteiger partial charge in [-0.3, -0.25) is 9.78 Å². The van der Waals surface area contributed by atoms with Gasteiger partial charge in [-0.05, 0) is 37.3 Å². The van der Waals surface area contributed by atoms with E-state index in [0.717, 1.165) is 37.1 Å². The highest BCUT2D eigenvalue weighted by Gasteiger charge is 2.27. The number of hydrogen-bond donors (Lipinski definition) is 2. The number of pyridine rings is 1. The molecule has 1 saturated carbocycles. The number of nitrogens with one attached hydrogen (secondary N) is 2. The van der Waals surface area contributed by atoms with Crippen molar-refractivity contribution in [1.82, 2.24) is 19.9 Å². The normalized spacial score (nSPS) is 19.7. The number of nitrogens with zero attached hydrogens (tertiary/aromatic N) is 4. The predicted molar refractivity (Wildman–Crippen MR) is 95.4 cm³/mol. The summed E-state index contributed by atoms with van der Waals surface area (Å²) in [4.78, 5) is 26.9. The number of carbonyl (C=O) groups is 1. The summed E-state index contributed by atoms with van der Waals surface area (Å²) in [6, 6.07) is 5.66. The maximum absolute atomic E-state index is 12.5. The summed E-state index contributed by atoms with van der Waals surface area (Å²) >= 11 is 0. The highest BCUT2D eigenvalue weighted by Crippen LogP contribution is 2.28. The average Bonchev–Trinajstić information content (AvgIpc) is 3.38. The number of carbonyl (C=O) groups excluding carboxylic acids is 1. The quantitative estimate of drug-likeness (QED) is 0.838. The minimum atomic E-state index is 0.0566. The summed E-state index contributed by atoms with van der Waals surface area (Å²) in [7, 11) is 0. The smallest absolute Gasteiger partial charge is 0.254 e. The molecule has 25 heavy (non-hydrogen) atoms. The molecule has 2 aromatic rings. The maximum Gasteiger partial charge on any atom is 0.254 e. The first kappa shape index (κ1) is 15.8. The van der Waals surface area contributed by atoms with Gasteiger partial charge >= 0.3 is 0 Å². The van der Waals surface area contributed by atoms with Crippen LogP contribution in [0.4, 0.5) is 11.6 Å². The van der Waals surface area contributed by atoms with Gasteiger partial charge in [-0.25, -0.2) is 9.97 Å². The van der Waals surface area contributed by atoms with Gasteiger partial charge in [-0.15, -0.1) is 0 Å². The molecule has 1 saturated heterocycles. The average molecular weight is 338 g/mol. The van der Waals surface area contributed by atoms with Gasteiger partial charge < -0.3 is 15.5 Å². The van der Waals surface area contributed by atoms with Crippen LogP contribution in [0.15, 0.2) is 36.9 Å². The Bertz CT molecular complexity index is 733. The second-order valence-corrected chi connectivity index (χ2v) is 6.73. The summed E-state index contributed by atoms with van der Waals surface area (Å²) < 4.78 is 0. The largest absolute Gasteiger partial charge is 0.370 e. The summed E-state index contributed by atoms with van der Waals surface area (Å²) in [5, 5.41) is 6.78. The van der Waals surface area contributed by atoms with Gasteiger partial charge in [0.2, 0.25) is 0 Å². The van der Waals surface area contributed by atoms with Crippen molar-refractivity contribution in [3.8, 4) is 0 Å². The molecule has 3 heterocycles. The molecule has 4 rings (SSSR count). The van der Waals surface area contributed by atoms with Crippen molar-refractivity contribution in [2.24, 2.45) is 5.92 Å². The first-order chi connectivity index (χ1) is 12.3. The molecule has 7 nitrogen and oxygen atoms in total. The molecule has 2 aliphatic rings. The van der Waals surface area contributed by atoms with Gasteiger partial charge in [0.25, 0.3) is 5.91 Å². The molecule has 2 N–H and O–H groups in total. The molecular formula is C18H22N6O. The fraction of sp³-hybridized carbons (Fsp3) is 0.444. The van der Waals surface area contributed by atoms with Crippen LogP contribution in [0.1, 0.15) is 29.6 Å². The standard InChI is InChI=1S/C18H22N6O/c25-18(14-3-6-19-7-4-14)24-8-5-15(11-24)23-17-9-16(21-12-22-17)20-10-13-1-2-13/h3-4,6-7,9,12-13,15H,1-2,5,8,10-11H2,(H2,20,21,22,23). The van der Waals surface area contributed by atoms with Crippen molar-refractivity contribution in [1.29, 1.82) is 0 Å². The summed E-state index contributed by atoms with van der Waals surface area (Å²) in [5.74, 6) is 2.51. The van der Waals surface area contributed by atoms with E-state index in [2.05, 4.69) is 25.6 Å². The van der Waals surface area contributed by atoms with Gasteiger partial charge in [0.05, 0.1) is 0 Å². The number of rotatable bonds is 6. The van der Waals surface area contributed by atoms with Crippen molar-refractivity contribution < 1.29 is 4.79 Å². The van der Waals surface area contributed by atoms with Crippen LogP contribution in [0.5, 0.6) is 0 Å². The van der Waals surface area contributed by atoms with Crippen LogP contribution in [0.2, 0.25) is 0 Å². The molecule has 1 amide bonds. The van der Waals surface area contributed by atoms with Gasteiger partial charge in [0.15, 0.2) is 0 Å². The summed E-state index contributed by atoms with van der Waals surface area (Å²) in [5.41, 5.74) is 0.684. The zero-order valence-electron chi connectivity index (χ0n) is 14.1. The highest BCUT2D eigenvalue weighted by atomic mass is 16.2. The molecule has 1 atom stereocenters. The fourth-order valence-electron chi connectivity index (χ4n) is 3.05. The minimum absolute atomic E-state index is 0.0566. The van der Waals surface area contributed by atoms with E-state index in [1.807, 2.05) is 11.0 Å². The van der Waals surface area contributed by atoms with E-state index in [9.17, 15) is 4.79 Å². The number of amides is 1. The predicted octanol–water partition coefficient (Wildman–Crippen LogP) is 2.02. The molecule has 1 aliphatic carbocycles. The van der Waals surface area contributed by atoms with Crippen LogP contribution in [-0.4, -0.2) is 51.4 Å². The zero-order valence-corrected chi connectivity index (χ0v) is 14.1. The van der Waals surface area contributed by atoms with Crippen LogP contribution in [0, 0.1) is 5.92 Å². The molecule has 2 fully saturated rings. The highest BCUT2D eigenvalue weighted by molar-refractivity contribution is 5.94. The third-order valence-corrected chi connectivity index (χ3v) is 4.69. The molecule has 0 spiro atoms. The van der Waals surface area contributed by atoms with E-state index >= 15 is 0 Å². The van der Waals surface area contributed by atoms with Crippen LogP contribution in [0.25, 0.3) is 0 Å². The topological polar surface area (TPSA) is 83.0 Å². The van der Waals surface area contributed by atoms with E-state index in [-0.39, 0.29) is 11.9 Å². The Hall–Kier alpha value is -2.70. The molecule has 130 valence electrons.